The van der Waals surface area contributed by atoms with E-state index >= 15 is 0 Å². The zero-order chi connectivity index (χ0) is 12.1. The highest BCUT2D eigenvalue weighted by molar-refractivity contribution is 5.48. The van der Waals surface area contributed by atoms with Crippen molar-refractivity contribution in [2.45, 2.75) is 13.5 Å². The van der Waals surface area contributed by atoms with Crippen molar-refractivity contribution in [1.82, 2.24) is 20.2 Å². The summed E-state index contributed by atoms with van der Waals surface area (Å²) in [6.45, 7) is 3.17. The van der Waals surface area contributed by atoms with Crippen molar-refractivity contribution in [3.8, 4) is 5.75 Å². The third kappa shape index (κ3) is 3.17. The molecule has 2 aromatic rings. The Kier molecular flexibility index (Phi) is 3.54. The van der Waals surface area contributed by atoms with Crippen LogP contribution in [0.25, 0.3) is 0 Å². The van der Waals surface area contributed by atoms with Gasteiger partial charge in [0.05, 0.1) is 20.2 Å². The predicted octanol–water partition coefficient (Wildman–Crippen LogP) is 1.22. The molecule has 1 aromatic heterocycles. The molecule has 0 amide bonds. The normalized spacial score (nSPS) is 10.2. The van der Waals surface area contributed by atoms with Gasteiger partial charge in [-0.3, -0.25) is 0 Å². The SMILES string of the molecule is CCOc1cccc(NCc2nnn(C)n2)c1. The number of hydrogen-bond donors (Lipinski definition) is 1. The minimum Gasteiger partial charge on any atom is -0.494 e. The number of benzene rings is 1. The fourth-order valence-electron chi connectivity index (χ4n) is 1.44. The van der Waals surface area contributed by atoms with Crippen molar-refractivity contribution in [2.75, 3.05) is 11.9 Å². The molecule has 0 radical (unpaired) electrons. The van der Waals surface area contributed by atoms with Crippen LogP contribution < -0.4 is 10.1 Å². The molecule has 0 spiro atoms. The minimum atomic E-state index is 0.545. The lowest BCUT2D eigenvalue weighted by Gasteiger charge is -2.06. The van der Waals surface area contributed by atoms with E-state index in [1.54, 1.807) is 7.05 Å². The zero-order valence-corrected chi connectivity index (χ0v) is 9.92. The maximum atomic E-state index is 5.41. The summed E-state index contributed by atoms with van der Waals surface area (Å²) in [4.78, 5) is 1.44. The number of rotatable bonds is 5. The second kappa shape index (κ2) is 5.29. The summed E-state index contributed by atoms with van der Waals surface area (Å²) < 4.78 is 5.41. The van der Waals surface area contributed by atoms with E-state index in [9.17, 15) is 0 Å². The van der Waals surface area contributed by atoms with Crippen LogP contribution in [0.4, 0.5) is 5.69 Å². The van der Waals surface area contributed by atoms with Gasteiger partial charge in [-0.2, -0.15) is 4.80 Å². The van der Waals surface area contributed by atoms with Gasteiger partial charge in [0.1, 0.15) is 5.75 Å². The molecular weight excluding hydrogens is 218 g/mol. The molecule has 6 nitrogen and oxygen atoms in total. The third-order valence-corrected chi connectivity index (χ3v) is 2.15. The van der Waals surface area contributed by atoms with Crippen molar-refractivity contribution in [3.63, 3.8) is 0 Å². The van der Waals surface area contributed by atoms with Crippen molar-refractivity contribution in [1.29, 1.82) is 0 Å². The summed E-state index contributed by atoms with van der Waals surface area (Å²) >= 11 is 0. The molecule has 17 heavy (non-hydrogen) atoms. The van der Waals surface area contributed by atoms with Gasteiger partial charge in [-0.05, 0) is 24.3 Å². The summed E-state index contributed by atoms with van der Waals surface area (Å²) in [6.07, 6.45) is 0. The monoisotopic (exact) mass is 233 g/mol. The maximum Gasteiger partial charge on any atom is 0.193 e. The number of ether oxygens (including phenoxy) is 1. The first-order valence-electron chi connectivity index (χ1n) is 5.47. The summed E-state index contributed by atoms with van der Waals surface area (Å²) in [5.74, 6) is 1.51. The predicted molar refractivity (Wildman–Crippen MR) is 63.7 cm³/mol. The number of hydrogen-bond acceptors (Lipinski definition) is 5. The van der Waals surface area contributed by atoms with Crippen LogP contribution in [0, 0.1) is 0 Å². The molecule has 2 rings (SSSR count). The molecule has 0 unspecified atom stereocenters. The first kappa shape index (κ1) is 11.4. The Hall–Kier alpha value is -2.11. The fourth-order valence-corrected chi connectivity index (χ4v) is 1.44. The molecule has 0 fully saturated rings. The topological polar surface area (TPSA) is 64.9 Å². The van der Waals surface area contributed by atoms with E-state index in [-0.39, 0.29) is 0 Å². The molecule has 0 bridgehead atoms. The van der Waals surface area contributed by atoms with E-state index in [0.717, 1.165) is 11.4 Å². The minimum absolute atomic E-state index is 0.545. The molecular formula is C11H15N5O. The molecule has 0 atom stereocenters. The molecule has 0 saturated carbocycles. The van der Waals surface area contributed by atoms with Crippen molar-refractivity contribution >= 4 is 5.69 Å². The number of tetrazole rings is 1. The van der Waals surface area contributed by atoms with Gasteiger partial charge in [0.15, 0.2) is 5.82 Å². The van der Waals surface area contributed by atoms with E-state index in [2.05, 4.69) is 20.7 Å². The Morgan fingerprint density at radius 3 is 3.00 bits per heavy atom. The largest absolute Gasteiger partial charge is 0.494 e. The Morgan fingerprint density at radius 1 is 1.41 bits per heavy atom. The van der Waals surface area contributed by atoms with Gasteiger partial charge in [-0.15, -0.1) is 10.2 Å². The van der Waals surface area contributed by atoms with Crippen molar-refractivity contribution in [3.05, 3.63) is 30.1 Å². The lowest BCUT2D eigenvalue weighted by molar-refractivity contribution is 0.340. The van der Waals surface area contributed by atoms with E-state index in [4.69, 9.17) is 4.74 Å². The van der Waals surface area contributed by atoms with Crippen molar-refractivity contribution in [2.24, 2.45) is 7.05 Å². The number of aromatic nitrogens is 4. The zero-order valence-electron chi connectivity index (χ0n) is 9.92. The van der Waals surface area contributed by atoms with Crippen LogP contribution in [0.15, 0.2) is 24.3 Å². The van der Waals surface area contributed by atoms with Crippen LogP contribution in [0.5, 0.6) is 5.75 Å². The number of aryl methyl sites for hydroxylation is 1. The van der Waals surface area contributed by atoms with Crippen LogP contribution in [0.2, 0.25) is 0 Å². The molecule has 0 saturated heterocycles. The molecule has 0 aliphatic carbocycles. The molecule has 90 valence electrons. The van der Waals surface area contributed by atoms with Crippen LogP contribution in [-0.4, -0.2) is 26.8 Å². The lowest BCUT2D eigenvalue weighted by Crippen LogP contribution is -2.02. The fraction of sp³-hybridized carbons (Fsp3) is 0.364. The number of nitrogens with zero attached hydrogens (tertiary/aromatic N) is 4. The molecule has 1 aromatic carbocycles. The highest BCUT2D eigenvalue weighted by atomic mass is 16.5. The Labute approximate surface area is 99.6 Å². The van der Waals surface area contributed by atoms with E-state index < -0.39 is 0 Å². The Morgan fingerprint density at radius 2 is 2.29 bits per heavy atom. The third-order valence-electron chi connectivity index (χ3n) is 2.15. The molecule has 1 N–H and O–H groups in total. The lowest BCUT2D eigenvalue weighted by atomic mass is 10.3. The summed E-state index contributed by atoms with van der Waals surface area (Å²) in [5.41, 5.74) is 0.975. The van der Waals surface area contributed by atoms with Crippen LogP contribution >= 0.6 is 0 Å². The highest BCUT2D eigenvalue weighted by Crippen LogP contribution is 2.17. The smallest absolute Gasteiger partial charge is 0.193 e. The Balaban J connectivity index is 1.96. The Bertz CT molecular complexity index is 482. The van der Waals surface area contributed by atoms with E-state index in [1.807, 2.05) is 31.2 Å². The van der Waals surface area contributed by atoms with Gasteiger partial charge in [-0.1, -0.05) is 6.07 Å². The second-order valence-electron chi connectivity index (χ2n) is 3.51. The summed E-state index contributed by atoms with van der Waals surface area (Å²) in [5, 5.41) is 15.0. The van der Waals surface area contributed by atoms with Gasteiger partial charge < -0.3 is 10.1 Å². The standard InChI is InChI=1S/C11H15N5O/c1-3-17-10-6-4-5-9(7-10)12-8-11-13-15-16(2)14-11/h4-7,12H,3,8H2,1-2H3. The van der Waals surface area contributed by atoms with Crippen LogP contribution in [0.1, 0.15) is 12.7 Å². The van der Waals surface area contributed by atoms with Crippen molar-refractivity contribution < 1.29 is 4.74 Å². The average molecular weight is 233 g/mol. The summed E-state index contributed by atoms with van der Waals surface area (Å²) in [6, 6.07) is 7.78. The molecule has 0 aliphatic rings. The second-order valence-corrected chi connectivity index (χ2v) is 3.51. The van der Waals surface area contributed by atoms with Crippen LogP contribution in [-0.2, 0) is 13.6 Å². The van der Waals surface area contributed by atoms with Gasteiger partial charge in [-0.25, -0.2) is 0 Å². The van der Waals surface area contributed by atoms with E-state index in [0.29, 0.717) is 19.0 Å². The van der Waals surface area contributed by atoms with E-state index in [1.165, 1.54) is 4.80 Å². The molecule has 6 heteroatoms. The molecule has 1 heterocycles. The quantitative estimate of drug-likeness (QED) is 0.841. The van der Waals surface area contributed by atoms with Gasteiger partial charge in [0.25, 0.3) is 0 Å². The molecule has 0 aliphatic heterocycles. The first-order chi connectivity index (χ1) is 8.28. The van der Waals surface area contributed by atoms with Gasteiger partial charge in [0.2, 0.25) is 0 Å². The highest BCUT2D eigenvalue weighted by Gasteiger charge is 2.00. The number of nitrogens with one attached hydrogen (secondary N) is 1. The summed E-state index contributed by atoms with van der Waals surface area (Å²) in [7, 11) is 1.74. The maximum absolute atomic E-state index is 5.41. The van der Waals surface area contributed by atoms with Crippen LogP contribution in [0.3, 0.4) is 0 Å². The first-order valence-corrected chi connectivity index (χ1v) is 5.47. The van der Waals surface area contributed by atoms with Gasteiger partial charge in [0, 0.05) is 11.8 Å². The van der Waals surface area contributed by atoms with Gasteiger partial charge >= 0.3 is 0 Å². The average Bonchev–Trinajstić information content (AvgIpc) is 2.74. The number of anilines is 1.